The van der Waals surface area contributed by atoms with Gasteiger partial charge in [-0.1, -0.05) is 18.2 Å². The Morgan fingerprint density at radius 1 is 1.06 bits per heavy atom. The number of hydrogen-bond acceptors (Lipinski definition) is 2. The molecule has 0 unspecified atom stereocenters. The average Bonchev–Trinajstić information content (AvgIpc) is 2.40. The second-order valence-electron chi connectivity index (χ2n) is 3.58. The number of carbonyl (C=O) groups excluding carboxylic acids is 1. The van der Waals surface area contributed by atoms with Crippen molar-refractivity contribution < 1.29 is 18.7 Å². The Kier molecular flexibility index (Phi) is 3.23. The van der Waals surface area contributed by atoms with E-state index in [4.69, 9.17) is 5.11 Å². The van der Waals surface area contributed by atoms with E-state index in [2.05, 4.69) is 5.32 Å². The Bertz CT molecular complexity index is 585. The van der Waals surface area contributed by atoms with Crippen molar-refractivity contribution >= 4 is 11.6 Å². The van der Waals surface area contributed by atoms with E-state index in [0.717, 1.165) is 12.1 Å². The molecule has 92 valence electrons. The zero-order valence-corrected chi connectivity index (χ0v) is 9.15. The van der Waals surface area contributed by atoms with E-state index < -0.39 is 23.3 Å². The molecule has 0 saturated carbocycles. The highest BCUT2D eigenvalue weighted by Gasteiger charge is 2.14. The highest BCUT2D eigenvalue weighted by atomic mass is 19.1. The maximum Gasteiger partial charge on any atom is 0.255 e. The second kappa shape index (κ2) is 4.83. The van der Waals surface area contributed by atoms with Crippen LogP contribution in [-0.4, -0.2) is 11.0 Å². The molecular weight excluding hydrogens is 240 g/mol. The molecule has 0 heterocycles. The summed E-state index contributed by atoms with van der Waals surface area (Å²) in [4.78, 5) is 11.7. The molecule has 2 N–H and O–H groups in total. The molecule has 2 rings (SSSR count). The summed E-state index contributed by atoms with van der Waals surface area (Å²) in [5.41, 5.74) is 0.0588. The van der Waals surface area contributed by atoms with Gasteiger partial charge in [-0.3, -0.25) is 4.79 Å². The van der Waals surface area contributed by atoms with Crippen molar-refractivity contribution in [3.8, 4) is 5.75 Å². The zero-order chi connectivity index (χ0) is 13.1. The van der Waals surface area contributed by atoms with Crippen LogP contribution in [0.15, 0.2) is 42.5 Å². The Hall–Kier alpha value is -2.43. The van der Waals surface area contributed by atoms with Gasteiger partial charge in [0.15, 0.2) is 17.4 Å². The molecular formula is C13H9F2NO2. The van der Waals surface area contributed by atoms with Crippen LogP contribution >= 0.6 is 0 Å². The molecule has 0 aliphatic rings. The van der Waals surface area contributed by atoms with Crippen molar-refractivity contribution in [3.63, 3.8) is 0 Å². The van der Waals surface area contributed by atoms with Gasteiger partial charge in [0.05, 0.1) is 5.69 Å². The number of amides is 1. The van der Waals surface area contributed by atoms with E-state index in [1.54, 1.807) is 30.3 Å². The Balaban J connectivity index is 2.26. The van der Waals surface area contributed by atoms with Gasteiger partial charge in [0.1, 0.15) is 0 Å². The SMILES string of the molecule is O=C(Nc1ccc(F)c(O)c1F)c1ccccc1. The first-order valence-electron chi connectivity index (χ1n) is 5.13. The maximum atomic E-state index is 13.4. The third-order valence-electron chi connectivity index (χ3n) is 2.35. The minimum atomic E-state index is -1.20. The molecule has 0 spiro atoms. The van der Waals surface area contributed by atoms with E-state index in [1.807, 2.05) is 0 Å². The van der Waals surface area contributed by atoms with Crippen molar-refractivity contribution in [3.05, 3.63) is 59.7 Å². The fourth-order valence-corrected chi connectivity index (χ4v) is 1.42. The number of carbonyl (C=O) groups is 1. The van der Waals surface area contributed by atoms with Crippen molar-refractivity contribution in [1.82, 2.24) is 0 Å². The minimum absolute atomic E-state index is 0.275. The van der Waals surface area contributed by atoms with Crippen LogP contribution in [0.2, 0.25) is 0 Å². The highest BCUT2D eigenvalue weighted by molar-refractivity contribution is 6.04. The number of halogens is 2. The normalized spacial score (nSPS) is 10.1. The third kappa shape index (κ3) is 2.29. The summed E-state index contributed by atoms with van der Waals surface area (Å²) in [6.45, 7) is 0. The van der Waals surface area contributed by atoms with E-state index in [-0.39, 0.29) is 5.69 Å². The van der Waals surface area contributed by atoms with E-state index >= 15 is 0 Å². The molecule has 0 radical (unpaired) electrons. The Labute approximate surface area is 102 Å². The Morgan fingerprint density at radius 2 is 1.72 bits per heavy atom. The van der Waals surface area contributed by atoms with E-state index in [0.29, 0.717) is 5.56 Å². The van der Waals surface area contributed by atoms with Crippen LogP contribution in [0.5, 0.6) is 5.75 Å². The number of phenols is 1. The highest BCUT2D eigenvalue weighted by Crippen LogP contribution is 2.26. The van der Waals surface area contributed by atoms with E-state index in [9.17, 15) is 13.6 Å². The standard InChI is InChI=1S/C13H9F2NO2/c14-9-6-7-10(11(15)12(9)17)16-13(18)8-4-2-1-3-5-8/h1-7,17H,(H,16,18). The molecule has 0 atom stereocenters. The summed E-state index contributed by atoms with van der Waals surface area (Å²) in [5, 5.41) is 11.3. The summed E-state index contributed by atoms with van der Waals surface area (Å²) < 4.78 is 26.3. The predicted octanol–water partition coefficient (Wildman–Crippen LogP) is 2.92. The molecule has 2 aromatic carbocycles. The van der Waals surface area contributed by atoms with Gasteiger partial charge >= 0.3 is 0 Å². The number of nitrogens with one attached hydrogen (secondary N) is 1. The van der Waals surface area contributed by atoms with Crippen LogP contribution in [0.4, 0.5) is 14.5 Å². The van der Waals surface area contributed by atoms with Gasteiger partial charge in [-0.2, -0.15) is 0 Å². The molecule has 2 aromatic rings. The summed E-state index contributed by atoms with van der Waals surface area (Å²) in [7, 11) is 0. The number of phenolic OH excluding ortho intramolecular Hbond substituents is 1. The summed E-state index contributed by atoms with van der Waals surface area (Å²) in [6, 6.07) is 10.1. The van der Waals surface area contributed by atoms with Crippen LogP contribution < -0.4 is 5.32 Å². The lowest BCUT2D eigenvalue weighted by atomic mass is 10.2. The second-order valence-corrected chi connectivity index (χ2v) is 3.58. The van der Waals surface area contributed by atoms with Gasteiger partial charge in [0.25, 0.3) is 5.91 Å². The first kappa shape index (κ1) is 12.0. The molecule has 0 aliphatic carbocycles. The van der Waals surface area contributed by atoms with Gasteiger partial charge in [-0.05, 0) is 24.3 Å². The van der Waals surface area contributed by atoms with Crippen LogP contribution in [0, 0.1) is 11.6 Å². The van der Waals surface area contributed by atoms with Crippen LogP contribution in [0.25, 0.3) is 0 Å². The monoisotopic (exact) mass is 249 g/mol. The molecule has 0 aromatic heterocycles. The van der Waals surface area contributed by atoms with Crippen molar-refractivity contribution in [1.29, 1.82) is 0 Å². The fourth-order valence-electron chi connectivity index (χ4n) is 1.42. The molecule has 0 saturated heterocycles. The van der Waals surface area contributed by atoms with Gasteiger partial charge in [0, 0.05) is 5.56 Å². The molecule has 0 fully saturated rings. The lowest BCUT2D eigenvalue weighted by molar-refractivity contribution is 0.102. The number of rotatable bonds is 2. The third-order valence-corrected chi connectivity index (χ3v) is 2.35. The molecule has 1 amide bonds. The number of hydrogen-bond donors (Lipinski definition) is 2. The fraction of sp³-hybridized carbons (Fsp3) is 0. The van der Waals surface area contributed by atoms with Crippen molar-refractivity contribution in [2.24, 2.45) is 0 Å². The van der Waals surface area contributed by atoms with Gasteiger partial charge in [-0.15, -0.1) is 0 Å². The largest absolute Gasteiger partial charge is 0.503 e. The molecule has 0 bridgehead atoms. The first-order valence-corrected chi connectivity index (χ1v) is 5.13. The average molecular weight is 249 g/mol. The molecule has 18 heavy (non-hydrogen) atoms. The zero-order valence-electron chi connectivity index (χ0n) is 9.15. The molecule has 3 nitrogen and oxygen atoms in total. The first-order chi connectivity index (χ1) is 8.59. The number of anilines is 1. The van der Waals surface area contributed by atoms with Crippen molar-refractivity contribution in [2.45, 2.75) is 0 Å². The van der Waals surface area contributed by atoms with Crippen LogP contribution in [-0.2, 0) is 0 Å². The van der Waals surface area contributed by atoms with Crippen LogP contribution in [0.1, 0.15) is 10.4 Å². The lowest BCUT2D eigenvalue weighted by Gasteiger charge is -2.07. The Morgan fingerprint density at radius 3 is 2.39 bits per heavy atom. The predicted molar refractivity (Wildman–Crippen MR) is 62.4 cm³/mol. The smallest absolute Gasteiger partial charge is 0.255 e. The summed E-state index contributed by atoms with van der Waals surface area (Å²) in [6.07, 6.45) is 0. The van der Waals surface area contributed by atoms with Crippen molar-refractivity contribution in [2.75, 3.05) is 5.32 Å². The van der Waals surface area contributed by atoms with Crippen LogP contribution in [0.3, 0.4) is 0 Å². The minimum Gasteiger partial charge on any atom is -0.503 e. The molecule has 5 heteroatoms. The topological polar surface area (TPSA) is 49.3 Å². The lowest BCUT2D eigenvalue weighted by Crippen LogP contribution is -2.13. The number of aromatic hydroxyl groups is 1. The maximum absolute atomic E-state index is 13.4. The van der Waals surface area contributed by atoms with Gasteiger partial charge in [0.2, 0.25) is 0 Å². The van der Waals surface area contributed by atoms with Gasteiger partial charge < -0.3 is 10.4 Å². The van der Waals surface area contributed by atoms with Gasteiger partial charge in [-0.25, -0.2) is 8.78 Å². The number of benzene rings is 2. The summed E-state index contributed by atoms with van der Waals surface area (Å²) >= 11 is 0. The summed E-state index contributed by atoms with van der Waals surface area (Å²) in [5.74, 6) is -3.93. The molecule has 0 aliphatic heterocycles. The van der Waals surface area contributed by atoms with E-state index in [1.165, 1.54) is 0 Å². The quantitative estimate of drug-likeness (QED) is 0.859.